The zero-order valence-electron chi connectivity index (χ0n) is 15.9. The Balaban J connectivity index is 1.78. The number of carbonyl (C=O) groups excluding carboxylic acids is 1. The lowest BCUT2D eigenvalue weighted by Crippen LogP contribution is -2.34. The van der Waals surface area contributed by atoms with Gasteiger partial charge in [0, 0.05) is 32.1 Å². The van der Waals surface area contributed by atoms with Crippen LogP contribution >= 0.6 is 0 Å². The molecule has 0 aliphatic carbocycles. The zero-order valence-corrected chi connectivity index (χ0v) is 15.9. The van der Waals surface area contributed by atoms with Crippen LogP contribution in [0.1, 0.15) is 27.4 Å². The van der Waals surface area contributed by atoms with Gasteiger partial charge in [-0.15, -0.1) is 0 Å². The molecule has 154 valence electrons. The summed E-state index contributed by atoms with van der Waals surface area (Å²) in [6, 6.07) is 12.1. The van der Waals surface area contributed by atoms with Crippen molar-refractivity contribution in [3.63, 3.8) is 0 Å². The molecule has 5 nitrogen and oxygen atoms in total. The predicted molar refractivity (Wildman–Crippen MR) is 100 cm³/mol. The normalized spacial score (nSPS) is 11.6. The summed E-state index contributed by atoms with van der Waals surface area (Å²) in [5.41, 5.74) is 0.634. The van der Waals surface area contributed by atoms with E-state index in [1.807, 2.05) is 10.6 Å². The number of ether oxygens (including phenoxy) is 1. The minimum Gasteiger partial charge on any atom is -0.459 e. The predicted octanol–water partition coefficient (Wildman–Crippen LogP) is 4.44. The number of carbonyl (C=O) groups is 1. The molecule has 0 fully saturated rings. The number of amides is 1. The summed E-state index contributed by atoms with van der Waals surface area (Å²) in [4.78, 5) is 14.3. The molecule has 0 saturated heterocycles. The first-order valence-corrected chi connectivity index (χ1v) is 9.00. The second-order valence-electron chi connectivity index (χ2n) is 6.52. The molecular weight excluding hydrogens is 385 g/mol. The third-order valence-electron chi connectivity index (χ3n) is 4.47. The second-order valence-corrected chi connectivity index (χ2v) is 6.52. The van der Waals surface area contributed by atoms with E-state index < -0.39 is 11.7 Å². The van der Waals surface area contributed by atoms with Gasteiger partial charge in [-0.05, 0) is 42.0 Å². The number of nitrogens with zero attached hydrogens (tertiary/aromatic N) is 2. The second kappa shape index (κ2) is 9.00. The first kappa shape index (κ1) is 20.7. The maximum Gasteiger partial charge on any atom is 0.416 e. The molecule has 1 amide bonds. The van der Waals surface area contributed by atoms with Gasteiger partial charge in [-0.2, -0.15) is 13.2 Å². The summed E-state index contributed by atoms with van der Waals surface area (Å²) in [6.45, 7) is 1.24. The summed E-state index contributed by atoms with van der Waals surface area (Å²) < 4.78 is 51.0. The maximum atomic E-state index is 13.0. The van der Waals surface area contributed by atoms with E-state index >= 15 is 0 Å². The van der Waals surface area contributed by atoms with E-state index in [-0.39, 0.29) is 24.8 Å². The summed E-state index contributed by atoms with van der Waals surface area (Å²) in [6.07, 6.45) is -1.18. The number of rotatable bonds is 8. The summed E-state index contributed by atoms with van der Waals surface area (Å²) in [5.74, 6) is -0.0593. The molecular formula is C21H21F3N2O3. The molecule has 0 spiro atoms. The van der Waals surface area contributed by atoms with Crippen LogP contribution in [0, 0.1) is 0 Å². The van der Waals surface area contributed by atoms with Crippen molar-refractivity contribution in [1.82, 2.24) is 9.47 Å². The first-order valence-electron chi connectivity index (χ1n) is 9.00. The van der Waals surface area contributed by atoms with Crippen molar-refractivity contribution in [1.29, 1.82) is 0 Å². The van der Waals surface area contributed by atoms with Crippen LogP contribution in [-0.2, 0) is 24.0 Å². The Morgan fingerprint density at radius 3 is 2.69 bits per heavy atom. The quantitative estimate of drug-likeness (QED) is 0.556. The SMILES string of the molecule is COCCN(Cc1cccn1Cc1cccc(C(F)(F)F)c1)C(=O)c1ccco1. The Morgan fingerprint density at radius 2 is 2.00 bits per heavy atom. The Kier molecular flexibility index (Phi) is 6.43. The molecule has 0 N–H and O–H groups in total. The van der Waals surface area contributed by atoms with Crippen molar-refractivity contribution in [3.05, 3.63) is 83.6 Å². The molecule has 3 rings (SSSR count). The zero-order chi connectivity index (χ0) is 20.9. The fraction of sp³-hybridized carbons (Fsp3) is 0.286. The van der Waals surface area contributed by atoms with Crippen molar-refractivity contribution in [2.45, 2.75) is 19.3 Å². The van der Waals surface area contributed by atoms with Crippen molar-refractivity contribution >= 4 is 5.91 Å². The molecule has 3 aromatic rings. The van der Waals surface area contributed by atoms with E-state index in [0.29, 0.717) is 18.7 Å². The highest BCUT2D eigenvalue weighted by Gasteiger charge is 2.30. The lowest BCUT2D eigenvalue weighted by Gasteiger charge is -2.22. The van der Waals surface area contributed by atoms with Crippen LogP contribution in [0.2, 0.25) is 0 Å². The molecule has 0 saturated carbocycles. The van der Waals surface area contributed by atoms with Crippen LogP contribution in [0.3, 0.4) is 0 Å². The molecule has 0 atom stereocenters. The van der Waals surface area contributed by atoms with Crippen molar-refractivity contribution < 1.29 is 27.1 Å². The smallest absolute Gasteiger partial charge is 0.416 e. The number of furan rings is 1. The minimum absolute atomic E-state index is 0.220. The van der Waals surface area contributed by atoms with Gasteiger partial charge in [0.05, 0.1) is 25.0 Å². The summed E-state index contributed by atoms with van der Waals surface area (Å²) in [5, 5.41) is 0. The molecule has 0 aliphatic heterocycles. The van der Waals surface area contributed by atoms with Crippen LogP contribution < -0.4 is 0 Å². The molecule has 0 bridgehead atoms. The number of methoxy groups -OCH3 is 1. The fourth-order valence-electron chi connectivity index (χ4n) is 3.00. The van der Waals surface area contributed by atoms with E-state index in [4.69, 9.17) is 9.15 Å². The average molecular weight is 406 g/mol. The third-order valence-corrected chi connectivity index (χ3v) is 4.47. The van der Waals surface area contributed by atoms with Gasteiger partial charge in [-0.25, -0.2) is 0 Å². The van der Waals surface area contributed by atoms with Crippen LogP contribution in [0.5, 0.6) is 0 Å². The molecule has 2 heterocycles. The number of hydrogen-bond donors (Lipinski definition) is 0. The number of alkyl halides is 3. The largest absolute Gasteiger partial charge is 0.459 e. The van der Waals surface area contributed by atoms with Gasteiger partial charge >= 0.3 is 6.18 Å². The lowest BCUT2D eigenvalue weighted by atomic mass is 10.1. The van der Waals surface area contributed by atoms with E-state index in [0.717, 1.165) is 17.8 Å². The number of halogens is 3. The van der Waals surface area contributed by atoms with Crippen molar-refractivity contribution in [2.75, 3.05) is 20.3 Å². The Morgan fingerprint density at radius 1 is 1.17 bits per heavy atom. The highest BCUT2D eigenvalue weighted by atomic mass is 19.4. The number of aromatic nitrogens is 1. The summed E-state index contributed by atoms with van der Waals surface area (Å²) in [7, 11) is 1.55. The van der Waals surface area contributed by atoms with Gasteiger partial charge in [0.25, 0.3) is 5.91 Å². The van der Waals surface area contributed by atoms with Crippen LogP contribution in [0.4, 0.5) is 13.2 Å². The Labute approximate surface area is 166 Å². The topological polar surface area (TPSA) is 47.6 Å². The summed E-state index contributed by atoms with van der Waals surface area (Å²) >= 11 is 0. The van der Waals surface area contributed by atoms with E-state index in [9.17, 15) is 18.0 Å². The Bertz CT molecular complexity index is 933. The molecule has 0 unspecified atom stereocenters. The first-order chi connectivity index (χ1) is 13.9. The van der Waals surface area contributed by atoms with E-state index in [1.54, 1.807) is 42.5 Å². The number of benzene rings is 1. The molecule has 0 aliphatic rings. The maximum absolute atomic E-state index is 13.0. The Hall–Kier alpha value is -3.00. The van der Waals surface area contributed by atoms with Crippen LogP contribution in [0.15, 0.2) is 65.4 Å². The van der Waals surface area contributed by atoms with E-state index in [1.165, 1.54) is 12.3 Å². The van der Waals surface area contributed by atoms with Crippen molar-refractivity contribution in [2.24, 2.45) is 0 Å². The van der Waals surface area contributed by atoms with Gasteiger partial charge in [0.1, 0.15) is 0 Å². The standard InChI is InChI=1S/C21H21F3N2O3/c1-28-12-10-26(20(27)19-8-4-11-29-19)15-18-7-3-9-25(18)14-16-5-2-6-17(13-16)21(22,23)24/h2-9,11,13H,10,12,14-15H2,1H3. The highest BCUT2D eigenvalue weighted by molar-refractivity contribution is 5.91. The molecule has 1 aromatic carbocycles. The van der Waals surface area contributed by atoms with E-state index in [2.05, 4.69) is 0 Å². The molecule has 29 heavy (non-hydrogen) atoms. The third kappa shape index (κ3) is 5.29. The number of hydrogen-bond acceptors (Lipinski definition) is 3. The van der Waals surface area contributed by atoms with Crippen LogP contribution in [-0.4, -0.2) is 35.6 Å². The molecule has 8 heteroatoms. The van der Waals surface area contributed by atoms with Gasteiger partial charge in [-0.1, -0.05) is 12.1 Å². The van der Waals surface area contributed by atoms with Gasteiger partial charge in [-0.3, -0.25) is 4.79 Å². The van der Waals surface area contributed by atoms with Crippen molar-refractivity contribution in [3.8, 4) is 0 Å². The minimum atomic E-state index is -4.39. The molecule has 2 aromatic heterocycles. The fourth-order valence-corrected chi connectivity index (χ4v) is 3.00. The van der Waals surface area contributed by atoms with Gasteiger partial charge in [0.2, 0.25) is 0 Å². The monoisotopic (exact) mass is 406 g/mol. The van der Waals surface area contributed by atoms with Gasteiger partial charge in [0.15, 0.2) is 5.76 Å². The van der Waals surface area contributed by atoms with Gasteiger partial charge < -0.3 is 18.6 Å². The highest BCUT2D eigenvalue weighted by Crippen LogP contribution is 2.29. The lowest BCUT2D eigenvalue weighted by molar-refractivity contribution is -0.137. The average Bonchev–Trinajstić information content (AvgIpc) is 3.36. The molecule has 0 radical (unpaired) electrons. The van der Waals surface area contributed by atoms with Crippen LogP contribution in [0.25, 0.3) is 0 Å².